The fourth-order valence-electron chi connectivity index (χ4n) is 4.19. The first-order valence-electron chi connectivity index (χ1n) is 8.65. The highest BCUT2D eigenvalue weighted by Crippen LogP contribution is 2.39. The molecule has 0 unspecified atom stereocenters. The van der Waals surface area contributed by atoms with Crippen molar-refractivity contribution in [1.29, 1.82) is 0 Å². The van der Waals surface area contributed by atoms with Gasteiger partial charge in [-0.1, -0.05) is 18.2 Å². The fraction of sp³-hybridized carbons (Fsp3) is 0.588. The molecule has 0 radical (unpaired) electrons. The van der Waals surface area contributed by atoms with Crippen LogP contribution in [0.4, 0.5) is 0 Å². The Morgan fingerprint density at radius 3 is 2.88 bits per heavy atom. The van der Waals surface area contributed by atoms with Crippen LogP contribution in [-0.2, 0) is 9.53 Å². The Hall–Kier alpha value is -1.57. The molecule has 3 N–H and O–H groups in total. The number of benzene rings is 1. The van der Waals surface area contributed by atoms with Gasteiger partial charge in [-0.15, -0.1) is 0 Å². The summed E-state index contributed by atoms with van der Waals surface area (Å²) in [5.41, 5.74) is 1.06. The number of nitrogens with one attached hydrogen (secondary N) is 1. The zero-order valence-electron chi connectivity index (χ0n) is 13.4. The Kier molecular flexibility index (Phi) is 4.24. The molecule has 0 saturated carbocycles. The lowest BCUT2D eigenvalue weighted by molar-refractivity contribution is -0.127. The summed E-state index contributed by atoms with van der Waals surface area (Å²) in [6, 6.07) is 7.75. The standard InChI is InChI=1S/C17H22BNO5/c20-17(13-8-11-5-6-15(13)24-11)19-16(18(21)22)7-10-9-23-14-4-2-1-3-12(10)14/h1-4,10-11,13,15-16,21-22H,5-9H2,(H,19,20)/t10-,11-,13-,15+,16-/m1/s1. The van der Waals surface area contributed by atoms with E-state index in [-0.39, 0.29) is 30.0 Å². The predicted octanol–water partition coefficient (Wildman–Crippen LogP) is 0.617. The van der Waals surface area contributed by atoms with Gasteiger partial charge in [0.1, 0.15) is 5.75 Å². The van der Waals surface area contributed by atoms with Gasteiger partial charge in [0.25, 0.3) is 0 Å². The minimum atomic E-state index is -1.60. The van der Waals surface area contributed by atoms with Crippen LogP contribution in [0.3, 0.4) is 0 Å². The second kappa shape index (κ2) is 6.39. The SMILES string of the molecule is O=C(N[C@H](C[C@@H]1COc2ccccc21)B(O)O)[C@@H]1C[C@H]2CC[C@@H]1O2. The van der Waals surface area contributed by atoms with Crippen molar-refractivity contribution in [3.63, 3.8) is 0 Å². The van der Waals surface area contributed by atoms with Crippen molar-refractivity contribution in [2.75, 3.05) is 6.61 Å². The first-order chi connectivity index (χ1) is 11.6. The molecule has 1 aromatic carbocycles. The van der Waals surface area contributed by atoms with Crippen molar-refractivity contribution in [3.05, 3.63) is 29.8 Å². The third kappa shape index (κ3) is 2.92. The van der Waals surface area contributed by atoms with Crippen LogP contribution in [0.1, 0.15) is 37.2 Å². The molecule has 5 atom stereocenters. The number of hydrogen-bond acceptors (Lipinski definition) is 5. The van der Waals surface area contributed by atoms with E-state index in [4.69, 9.17) is 9.47 Å². The second-order valence-electron chi connectivity index (χ2n) is 7.03. The first-order valence-corrected chi connectivity index (χ1v) is 8.65. The van der Waals surface area contributed by atoms with Crippen LogP contribution >= 0.6 is 0 Å². The Balaban J connectivity index is 1.41. The molecule has 2 saturated heterocycles. The molecule has 3 aliphatic heterocycles. The topological polar surface area (TPSA) is 88.0 Å². The lowest BCUT2D eigenvalue weighted by Gasteiger charge is -2.24. The van der Waals surface area contributed by atoms with Crippen LogP contribution in [0.15, 0.2) is 24.3 Å². The van der Waals surface area contributed by atoms with E-state index in [1.54, 1.807) is 0 Å². The van der Waals surface area contributed by atoms with Gasteiger partial charge in [0, 0.05) is 11.5 Å². The molecule has 6 nitrogen and oxygen atoms in total. The van der Waals surface area contributed by atoms with Crippen LogP contribution in [0.2, 0.25) is 0 Å². The summed E-state index contributed by atoms with van der Waals surface area (Å²) >= 11 is 0. The van der Waals surface area contributed by atoms with E-state index >= 15 is 0 Å². The van der Waals surface area contributed by atoms with Crippen LogP contribution in [0.25, 0.3) is 0 Å². The zero-order valence-corrected chi connectivity index (χ0v) is 13.4. The predicted molar refractivity (Wildman–Crippen MR) is 87.4 cm³/mol. The average Bonchev–Trinajstić information content (AvgIpc) is 3.29. The van der Waals surface area contributed by atoms with E-state index in [0.29, 0.717) is 13.0 Å². The molecule has 7 heteroatoms. The lowest BCUT2D eigenvalue weighted by Crippen LogP contribution is -2.50. The van der Waals surface area contributed by atoms with E-state index in [2.05, 4.69) is 5.32 Å². The number of para-hydroxylation sites is 1. The van der Waals surface area contributed by atoms with Crippen LogP contribution in [-0.4, -0.2) is 47.8 Å². The molecule has 3 aliphatic rings. The summed E-state index contributed by atoms with van der Waals surface area (Å²) in [6.07, 6.45) is 3.29. The van der Waals surface area contributed by atoms with Crippen molar-refractivity contribution in [3.8, 4) is 5.75 Å². The van der Waals surface area contributed by atoms with E-state index in [0.717, 1.165) is 30.6 Å². The van der Waals surface area contributed by atoms with Crippen LogP contribution < -0.4 is 10.1 Å². The number of carbonyl (C=O) groups is 1. The van der Waals surface area contributed by atoms with Gasteiger partial charge in [0.2, 0.25) is 5.91 Å². The summed E-state index contributed by atoms with van der Waals surface area (Å²) < 4.78 is 11.4. The number of ether oxygens (including phenoxy) is 2. The highest BCUT2D eigenvalue weighted by molar-refractivity contribution is 6.43. The molecule has 0 aliphatic carbocycles. The molecule has 1 amide bonds. The zero-order chi connectivity index (χ0) is 16.7. The van der Waals surface area contributed by atoms with Crippen molar-refractivity contribution in [1.82, 2.24) is 5.32 Å². The Morgan fingerprint density at radius 1 is 1.33 bits per heavy atom. The summed E-state index contributed by atoms with van der Waals surface area (Å²) in [7, 11) is -1.60. The number of hydrogen-bond donors (Lipinski definition) is 3. The minimum Gasteiger partial charge on any atom is -0.493 e. The molecule has 2 bridgehead atoms. The van der Waals surface area contributed by atoms with Crippen molar-refractivity contribution < 1.29 is 24.3 Å². The molecule has 0 spiro atoms. The number of carbonyl (C=O) groups excluding carboxylic acids is 1. The Labute approximate surface area is 141 Å². The maximum absolute atomic E-state index is 12.5. The van der Waals surface area contributed by atoms with E-state index in [1.807, 2.05) is 24.3 Å². The monoisotopic (exact) mass is 331 g/mol. The maximum atomic E-state index is 12.5. The number of fused-ring (bicyclic) bond motifs is 3. The minimum absolute atomic E-state index is 0.0120. The van der Waals surface area contributed by atoms with Crippen molar-refractivity contribution in [2.45, 2.75) is 49.8 Å². The Morgan fingerprint density at radius 2 is 2.17 bits per heavy atom. The third-order valence-electron chi connectivity index (χ3n) is 5.47. The molecule has 24 heavy (non-hydrogen) atoms. The molecule has 128 valence electrons. The van der Waals surface area contributed by atoms with Gasteiger partial charge in [-0.25, -0.2) is 0 Å². The first kappa shape index (κ1) is 15.9. The van der Waals surface area contributed by atoms with Crippen LogP contribution in [0.5, 0.6) is 5.75 Å². The van der Waals surface area contributed by atoms with Crippen LogP contribution in [0, 0.1) is 5.92 Å². The molecule has 1 aromatic rings. The normalized spacial score (nSPS) is 31.4. The summed E-state index contributed by atoms with van der Waals surface area (Å²) in [5, 5.41) is 22.3. The van der Waals surface area contributed by atoms with Gasteiger partial charge in [0.15, 0.2) is 0 Å². The lowest BCUT2D eigenvalue weighted by atomic mass is 9.73. The molecule has 4 rings (SSSR count). The fourth-order valence-corrected chi connectivity index (χ4v) is 4.19. The third-order valence-corrected chi connectivity index (χ3v) is 5.47. The van der Waals surface area contributed by atoms with Gasteiger partial charge in [0.05, 0.1) is 30.7 Å². The van der Waals surface area contributed by atoms with Crippen molar-refractivity contribution in [2.24, 2.45) is 5.92 Å². The van der Waals surface area contributed by atoms with Gasteiger partial charge >= 0.3 is 7.12 Å². The van der Waals surface area contributed by atoms with Crippen molar-refractivity contribution >= 4 is 13.0 Å². The Bertz CT molecular complexity index is 625. The highest BCUT2D eigenvalue weighted by atomic mass is 16.5. The largest absolute Gasteiger partial charge is 0.493 e. The van der Waals surface area contributed by atoms with Gasteiger partial charge < -0.3 is 24.8 Å². The molecule has 2 fully saturated rings. The van der Waals surface area contributed by atoms with Gasteiger partial charge in [-0.2, -0.15) is 0 Å². The summed E-state index contributed by atoms with van der Waals surface area (Å²) in [5.74, 6) is -0.132. The average molecular weight is 331 g/mol. The number of amides is 1. The van der Waals surface area contributed by atoms with E-state index in [1.165, 1.54) is 0 Å². The quantitative estimate of drug-likeness (QED) is 0.689. The number of rotatable bonds is 5. The summed E-state index contributed by atoms with van der Waals surface area (Å²) in [6.45, 7) is 0.496. The van der Waals surface area contributed by atoms with E-state index < -0.39 is 13.1 Å². The molecule has 0 aromatic heterocycles. The molecule has 3 heterocycles. The van der Waals surface area contributed by atoms with Gasteiger partial charge in [-0.3, -0.25) is 4.79 Å². The maximum Gasteiger partial charge on any atom is 0.475 e. The van der Waals surface area contributed by atoms with Gasteiger partial charge in [-0.05, 0) is 31.7 Å². The smallest absolute Gasteiger partial charge is 0.475 e. The molecular weight excluding hydrogens is 309 g/mol. The second-order valence-corrected chi connectivity index (χ2v) is 7.03. The molecular formula is C17H22BNO5. The summed E-state index contributed by atoms with van der Waals surface area (Å²) in [4.78, 5) is 12.5. The highest BCUT2D eigenvalue weighted by Gasteiger charge is 2.45. The van der Waals surface area contributed by atoms with E-state index in [9.17, 15) is 14.8 Å².